The van der Waals surface area contributed by atoms with Gasteiger partial charge in [0.2, 0.25) is 11.7 Å². The molecule has 0 aliphatic heterocycles. The lowest BCUT2D eigenvalue weighted by Gasteiger charge is -2.09. The molecule has 5 heteroatoms. The molecular formula is C12H23N3O2. The topological polar surface area (TPSA) is 74.2 Å². The van der Waals surface area contributed by atoms with Gasteiger partial charge in [0.1, 0.15) is 6.10 Å². The smallest absolute Gasteiger partial charge is 0.228 e. The molecule has 5 nitrogen and oxygen atoms in total. The van der Waals surface area contributed by atoms with Crippen LogP contribution < -0.4 is 5.73 Å². The minimum Gasteiger partial charge on any atom is -0.370 e. The van der Waals surface area contributed by atoms with E-state index in [2.05, 4.69) is 17.1 Å². The Bertz CT molecular complexity index is 314. The number of ether oxygens (including phenoxy) is 1. The van der Waals surface area contributed by atoms with E-state index in [0.717, 1.165) is 19.3 Å². The van der Waals surface area contributed by atoms with Crippen molar-refractivity contribution in [3.63, 3.8) is 0 Å². The van der Waals surface area contributed by atoms with Crippen LogP contribution in [0.1, 0.15) is 57.9 Å². The fourth-order valence-corrected chi connectivity index (χ4v) is 1.76. The van der Waals surface area contributed by atoms with Gasteiger partial charge in [-0.05, 0) is 19.8 Å². The number of rotatable bonds is 8. The average molecular weight is 241 g/mol. The largest absolute Gasteiger partial charge is 0.370 e. The molecule has 1 aromatic rings. The Kier molecular flexibility index (Phi) is 6.15. The molecule has 2 atom stereocenters. The van der Waals surface area contributed by atoms with Crippen LogP contribution in [-0.4, -0.2) is 22.8 Å². The van der Waals surface area contributed by atoms with E-state index < -0.39 is 0 Å². The molecular weight excluding hydrogens is 218 g/mol. The van der Waals surface area contributed by atoms with Crippen LogP contribution in [0.15, 0.2) is 4.52 Å². The van der Waals surface area contributed by atoms with Gasteiger partial charge in [-0.1, -0.05) is 25.4 Å². The van der Waals surface area contributed by atoms with E-state index in [0.29, 0.717) is 24.7 Å². The zero-order valence-corrected chi connectivity index (χ0v) is 11.0. The van der Waals surface area contributed by atoms with Gasteiger partial charge in [0.25, 0.3) is 0 Å². The summed E-state index contributed by atoms with van der Waals surface area (Å²) in [5.74, 6) is 1.24. The molecule has 0 saturated carbocycles. The highest BCUT2D eigenvalue weighted by Crippen LogP contribution is 2.18. The average Bonchev–Trinajstić information content (AvgIpc) is 2.74. The molecule has 0 aromatic carbocycles. The number of hydrogen-bond donors (Lipinski definition) is 1. The van der Waals surface area contributed by atoms with Crippen molar-refractivity contribution in [2.45, 2.75) is 58.6 Å². The monoisotopic (exact) mass is 241 g/mol. The van der Waals surface area contributed by atoms with Gasteiger partial charge in [0.15, 0.2) is 0 Å². The molecule has 2 N–H and O–H groups in total. The Labute approximate surface area is 103 Å². The van der Waals surface area contributed by atoms with Gasteiger partial charge in [-0.2, -0.15) is 4.98 Å². The number of aromatic nitrogens is 2. The second-order valence-electron chi connectivity index (χ2n) is 4.15. The Hall–Kier alpha value is -0.940. The maximum atomic E-state index is 5.93. The second kappa shape index (κ2) is 7.40. The molecule has 0 amide bonds. The van der Waals surface area contributed by atoms with Crippen molar-refractivity contribution >= 4 is 0 Å². The Balaban J connectivity index is 2.57. The minimum atomic E-state index is -0.0695. The lowest BCUT2D eigenvalue weighted by Crippen LogP contribution is -2.22. The lowest BCUT2D eigenvalue weighted by atomic mass is 10.1. The molecule has 0 bridgehead atoms. The van der Waals surface area contributed by atoms with Crippen molar-refractivity contribution < 1.29 is 9.26 Å². The van der Waals surface area contributed by atoms with Gasteiger partial charge in [-0.25, -0.2) is 0 Å². The van der Waals surface area contributed by atoms with Gasteiger partial charge >= 0.3 is 0 Å². The predicted molar refractivity (Wildman–Crippen MR) is 65.5 cm³/mol. The molecule has 0 radical (unpaired) electrons. The van der Waals surface area contributed by atoms with E-state index in [4.69, 9.17) is 15.0 Å². The van der Waals surface area contributed by atoms with Gasteiger partial charge in [0.05, 0.1) is 0 Å². The summed E-state index contributed by atoms with van der Waals surface area (Å²) in [6.45, 7) is 6.76. The Morgan fingerprint density at radius 3 is 2.71 bits per heavy atom. The first kappa shape index (κ1) is 14.1. The van der Waals surface area contributed by atoms with Crippen LogP contribution in [0.5, 0.6) is 0 Å². The number of hydrogen-bond acceptors (Lipinski definition) is 5. The quantitative estimate of drug-likeness (QED) is 0.755. The summed E-state index contributed by atoms with van der Waals surface area (Å²) < 4.78 is 10.7. The third-order valence-corrected chi connectivity index (χ3v) is 2.61. The summed E-state index contributed by atoms with van der Waals surface area (Å²) in [7, 11) is 0. The van der Waals surface area contributed by atoms with E-state index in [-0.39, 0.29) is 12.1 Å². The van der Waals surface area contributed by atoms with Crippen molar-refractivity contribution in [3.05, 3.63) is 11.7 Å². The van der Waals surface area contributed by atoms with E-state index in [1.165, 1.54) is 0 Å². The van der Waals surface area contributed by atoms with Gasteiger partial charge in [-0.3, -0.25) is 0 Å². The first-order valence-electron chi connectivity index (χ1n) is 6.40. The van der Waals surface area contributed by atoms with Crippen LogP contribution in [0.3, 0.4) is 0 Å². The van der Waals surface area contributed by atoms with Gasteiger partial charge in [-0.15, -0.1) is 0 Å². The summed E-state index contributed by atoms with van der Waals surface area (Å²) in [5, 5.41) is 3.95. The van der Waals surface area contributed by atoms with Crippen LogP contribution in [0, 0.1) is 0 Å². The molecule has 17 heavy (non-hydrogen) atoms. The third kappa shape index (κ3) is 4.44. The predicted octanol–water partition coefficient (Wildman–Crippen LogP) is 2.23. The highest BCUT2D eigenvalue weighted by Gasteiger charge is 2.17. The van der Waals surface area contributed by atoms with Gasteiger partial charge in [0, 0.05) is 19.1 Å². The maximum absolute atomic E-state index is 5.93. The van der Waals surface area contributed by atoms with Crippen LogP contribution in [0.25, 0.3) is 0 Å². The van der Waals surface area contributed by atoms with E-state index >= 15 is 0 Å². The summed E-state index contributed by atoms with van der Waals surface area (Å²) >= 11 is 0. The molecule has 0 aliphatic rings. The van der Waals surface area contributed by atoms with Crippen LogP contribution >= 0.6 is 0 Å². The van der Waals surface area contributed by atoms with Crippen LogP contribution in [-0.2, 0) is 11.2 Å². The molecule has 1 heterocycles. The van der Waals surface area contributed by atoms with Crippen molar-refractivity contribution in [2.24, 2.45) is 5.73 Å². The summed E-state index contributed by atoms with van der Waals surface area (Å²) in [6, 6.07) is 0.0977. The first-order valence-corrected chi connectivity index (χ1v) is 6.40. The Morgan fingerprint density at radius 1 is 1.35 bits per heavy atom. The van der Waals surface area contributed by atoms with E-state index in [9.17, 15) is 0 Å². The highest BCUT2D eigenvalue weighted by molar-refractivity contribution is 4.92. The fourth-order valence-electron chi connectivity index (χ4n) is 1.76. The molecule has 0 saturated heterocycles. The van der Waals surface area contributed by atoms with Gasteiger partial charge < -0.3 is 15.0 Å². The van der Waals surface area contributed by atoms with Crippen molar-refractivity contribution in [1.29, 1.82) is 0 Å². The second-order valence-corrected chi connectivity index (χ2v) is 4.15. The van der Waals surface area contributed by atoms with Crippen LogP contribution in [0.4, 0.5) is 0 Å². The number of nitrogens with zero attached hydrogens (tertiary/aromatic N) is 2. The summed E-state index contributed by atoms with van der Waals surface area (Å²) in [4.78, 5) is 4.34. The molecule has 0 fully saturated rings. The SMILES string of the molecule is CCCC(N)Cc1nc(C(CC)OCC)no1. The molecule has 2 unspecified atom stereocenters. The van der Waals surface area contributed by atoms with E-state index in [1.54, 1.807) is 0 Å². The zero-order chi connectivity index (χ0) is 12.7. The summed E-state index contributed by atoms with van der Waals surface area (Å²) in [6.07, 6.45) is 3.45. The molecule has 0 spiro atoms. The van der Waals surface area contributed by atoms with Crippen molar-refractivity contribution in [1.82, 2.24) is 10.1 Å². The van der Waals surface area contributed by atoms with E-state index in [1.807, 2.05) is 13.8 Å². The molecule has 0 aliphatic carbocycles. The third-order valence-electron chi connectivity index (χ3n) is 2.61. The fraction of sp³-hybridized carbons (Fsp3) is 0.833. The molecule has 1 aromatic heterocycles. The van der Waals surface area contributed by atoms with Crippen LogP contribution in [0.2, 0.25) is 0 Å². The molecule has 98 valence electrons. The molecule has 1 rings (SSSR count). The number of nitrogens with two attached hydrogens (primary N) is 1. The van der Waals surface area contributed by atoms with Crippen molar-refractivity contribution in [3.8, 4) is 0 Å². The minimum absolute atomic E-state index is 0.0695. The zero-order valence-electron chi connectivity index (χ0n) is 11.0. The normalized spacial score (nSPS) is 14.8. The maximum Gasteiger partial charge on any atom is 0.228 e. The standard InChI is InChI=1S/C12H23N3O2/c1-4-7-9(13)8-11-14-12(15-17-11)10(5-2)16-6-3/h9-10H,4-8,13H2,1-3H3. The Morgan fingerprint density at radius 2 is 2.12 bits per heavy atom. The first-order chi connectivity index (χ1) is 8.21. The van der Waals surface area contributed by atoms with Crippen molar-refractivity contribution in [2.75, 3.05) is 6.61 Å². The highest BCUT2D eigenvalue weighted by atomic mass is 16.5. The lowest BCUT2D eigenvalue weighted by molar-refractivity contribution is 0.0518. The summed E-state index contributed by atoms with van der Waals surface area (Å²) in [5.41, 5.74) is 5.93.